The van der Waals surface area contributed by atoms with Gasteiger partial charge in [0.1, 0.15) is 0 Å². The lowest BCUT2D eigenvalue weighted by Crippen LogP contribution is -2.27. The van der Waals surface area contributed by atoms with Gasteiger partial charge in [0.15, 0.2) is 17.5 Å². The molecule has 0 aliphatic heterocycles. The molecule has 0 saturated heterocycles. The molecular weight excluding hydrogens is 583 g/mol. The Bertz CT molecular complexity index is 2060. The van der Waals surface area contributed by atoms with Crippen molar-refractivity contribution >= 4 is 0 Å². The number of benzene rings is 3. The summed E-state index contributed by atoms with van der Waals surface area (Å²) in [7, 11) is 0. The number of aromatic nitrogens is 3. The van der Waals surface area contributed by atoms with Crippen molar-refractivity contribution in [2.45, 2.75) is 46.5 Å². The molecule has 0 N–H and O–H groups in total. The van der Waals surface area contributed by atoms with Crippen LogP contribution in [0.1, 0.15) is 52.0 Å². The van der Waals surface area contributed by atoms with E-state index in [9.17, 15) is 0 Å². The SMILES string of the molecule is CC1(C)C2=CC3C4=CC=CCC4C(C)(C)C3C=C2C2=C1C(c1ccc(-c3nc(-c4ccccc4)nc(-c4ccccc4)n3)cc1)CC=C2. The molecule has 0 spiro atoms. The van der Waals surface area contributed by atoms with Gasteiger partial charge in [-0.3, -0.25) is 0 Å². The second-order valence-electron chi connectivity index (χ2n) is 15.2. The fourth-order valence-electron chi connectivity index (χ4n) is 9.44. The van der Waals surface area contributed by atoms with E-state index < -0.39 is 0 Å². The van der Waals surface area contributed by atoms with E-state index in [1.807, 2.05) is 36.4 Å². The van der Waals surface area contributed by atoms with Crippen molar-refractivity contribution < 1.29 is 0 Å². The summed E-state index contributed by atoms with van der Waals surface area (Å²) in [5, 5.41) is 0. The number of hydrogen-bond donors (Lipinski definition) is 0. The van der Waals surface area contributed by atoms with Crippen LogP contribution in [-0.4, -0.2) is 15.0 Å². The minimum absolute atomic E-state index is 0.0308. The highest BCUT2D eigenvalue weighted by Crippen LogP contribution is 2.65. The van der Waals surface area contributed by atoms with Gasteiger partial charge in [0.2, 0.25) is 0 Å². The van der Waals surface area contributed by atoms with E-state index in [1.165, 1.54) is 28.7 Å². The lowest BCUT2D eigenvalue weighted by atomic mass is 9.68. The van der Waals surface area contributed by atoms with E-state index in [4.69, 9.17) is 15.0 Å². The number of rotatable bonds is 4. The largest absolute Gasteiger partial charge is 0.208 e. The molecule has 0 radical (unpaired) electrons. The van der Waals surface area contributed by atoms with E-state index in [2.05, 4.69) is 119 Å². The highest BCUT2D eigenvalue weighted by molar-refractivity contribution is 5.71. The third kappa shape index (κ3) is 4.44. The van der Waals surface area contributed by atoms with E-state index >= 15 is 0 Å². The Balaban J connectivity index is 1.09. The molecule has 48 heavy (non-hydrogen) atoms. The number of allylic oxidation sites excluding steroid dienone is 12. The van der Waals surface area contributed by atoms with Crippen LogP contribution in [0, 0.1) is 28.6 Å². The van der Waals surface area contributed by atoms with Crippen molar-refractivity contribution in [2.24, 2.45) is 28.6 Å². The minimum Gasteiger partial charge on any atom is -0.208 e. The standard InChI is InChI=1S/C45H41N3/c1-44(2)37-21-12-11-18-33(37)35-26-39-36(27-38(35)44)34-20-13-19-32(40(34)45(39,3)4)28-22-24-31(25-23-28)43-47-41(29-14-7-5-8-15-29)46-42(48-43)30-16-9-6-10-17-30/h5-18,20,22-27,32,35,37-38H,19,21H2,1-4H3. The van der Waals surface area contributed by atoms with Crippen molar-refractivity contribution in [2.75, 3.05) is 0 Å². The Morgan fingerprint density at radius 3 is 1.88 bits per heavy atom. The quantitative estimate of drug-likeness (QED) is 0.227. The van der Waals surface area contributed by atoms with Gasteiger partial charge in [-0.25, -0.2) is 15.0 Å². The van der Waals surface area contributed by atoms with Gasteiger partial charge in [-0.1, -0.05) is 161 Å². The molecule has 4 unspecified atom stereocenters. The summed E-state index contributed by atoms with van der Waals surface area (Å²) in [5.74, 6) is 4.06. The van der Waals surface area contributed by atoms with Crippen molar-refractivity contribution in [3.63, 3.8) is 0 Å². The molecule has 0 bridgehead atoms. The molecule has 5 aliphatic carbocycles. The molecule has 0 amide bonds. The summed E-state index contributed by atoms with van der Waals surface area (Å²) < 4.78 is 0. The van der Waals surface area contributed by atoms with Gasteiger partial charge in [-0.15, -0.1) is 0 Å². The zero-order valence-corrected chi connectivity index (χ0v) is 28.2. The fourth-order valence-corrected chi connectivity index (χ4v) is 9.44. The first kappa shape index (κ1) is 29.3. The topological polar surface area (TPSA) is 38.7 Å². The van der Waals surface area contributed by atoms with Crippen LogP contribution >= 0.6 is 0 Å². The molecule has 3 heteroatoms. The number of nitrogens with zero attached hydrogens (tertiary/aromatic N) is 3. The van der Waals surface area contributed by atoms with Crippen LogP contribution in [0.3, 0.4) is 0 Å². The summed E-state index contributed by atoms with van der Waals surface area (Å²) in [5.41, 5.74) is 12.2. The first-order valence-electron chi connectivity index (χ1n) is 17.5. The van der Waals surface area contributed by atoms with E-state index in [0.29, 0.717) is 41.1 Å². The third-order valence-corrected chi connectivity index (χ3v) is 11.9. The summed E-state index contributed by atoms with van der Waals surface area (Å²) >= 11 is 0. The zero-order valence-electron chi connectivity index (χ0n) is 28.2. The van der Waals surface area contributed by atoms with Crippen molar-refractivity contribution in [1.82, 2.24) is 15.0 Å². The molecule has 1 saturated carbocycles. The molecular formula is C45H41N3. The maximum Gasteiger partial charge on any atom is 0.164 e. The lowest BCUT2D eigenvalue weighted by Gasteiger charge is -2.36. The van der Waals surface area contributed by atoms with Gasteiger partial charge < -0.3 is 0 Å². The molecule has 3 aromatic carbocycles. The van der Waals surface area contributed by atoms with Gasteiger partial charge in [-0.05, 0) is 57.9 Å². The molecule has 1 aromatic heterocycles. The first-order valence-corrected chi connectivity index (χ1v) is 17.5. The van der Waals surface area contributed by atoms with Crippen molar-refractivity contribution in [1.29, 1.82) is 0 Å². The highest BCUT2D eigenvalue weighted by Gasteiger charge is 2.54. The molecule has 3 nitrogen and oxygen atoms in total. The zero-order chi connectivity index (χ0) is 32.6. The molecule has 1 heterocycles. The van der Waals surface area contributed by atoms with Gasteiger partial charge in [0, 0.05) is 33.9 Å². The van der Waals surface area contributed by atoms with Crippen LogP contribution in [0.5, 0.6) is 0 Å². The predicted octanol–water partition coefficient (Wildman–Crippen LogP) is 10.9. The van der Waals surface area contributed by atoms with Gasteiger partial charge in [-0.2, -0.15) is 0 Å². The Morgan fingerprint density at radius 1 is 0.646 bits per heavy atom. The van der Waals surface area contributed by atoms with Crippen LogP contribution in [-0.2, 0) is 0 Å². The average molecular weight is 624 g/mol. The second-order valence-corrected chi connectivity index (χ2v) is 15.2. The maximum absolute atomic E-state index is 4.97. The summed E-state index contributed by atoms with van der Waals surface area (Å²) in [4.78, 5) is 14.8. The lowest BCUT2D eigenvalue weighted by molar-refractivity contribution is 0.217. The minimum atomic E-state index is -0.0308. The smallest absolute Gasteiger partial charge is 0.164 e. The Kier molecular flexibility index (Phi) is 6.60. The molecule has 9 rings (SSSR count). The van der Waals surface area contributed by atoms with Crippen LogP contribution in [0.15, 0.2) is 155 Å². The van der Waals surface area contributed by atoms with Crippen LogP contribution in [0.2, 0.25) is 0 Å². The van der Waals surface area contributed by atoms with Crippen molar-refractivity contribution in [3.8, 4) is 34.2 Å². The summed E-state index contributed by atoms with van der Waals surface area (Å²) in [6.07, 6.45) is 19.4. The summed E-state index contributed by atoms with van der Waals surface area (Å²) in [6.45, 7) is 9.92. The number of fused-ring (bicyclic) bond motifs is 5. The van der Waals surface area contributed by atoms with Gasteiger partial charge >= 0.3 is 0 Å². The Morgan fingerprint density at radius 2 is 1.25 bits per heavy atom. The van der Waals surface area contributed by atoms with Gasteiger partial charge in [0.25, 0.3) is 0 Å². The Hall–Kier alpha value is -4.89. The van der Waals surface area contributed by atoms with Gasteiger partial charge in [0.05, 0.1) is 0 Å². The first-order chi connectivity index (χ1) is 23.3. The van der Waals surface area contributed by atoms with Crippen molar-refractivity contribution in [3.05, 3.63) is 161 Å². The maximum atomic E-state index is 4.97. The molecule has 236 valence electrons. The van der Waals surface area contributed by atoms with Crippen LogP contribution < -0.4 is 0 Å². The van der Waals surface area contributed by atoms with E-state index in [-0.39, 0.29) is 10.8 Å². The molecule has 4 aromatic rings. The third-order valence-electron chi connectivity index (χ3n) is 11.9. The molecule has 5 aliphatic rings. The molecule has 1 fully saturated rings. The van der Waals surface area contributed by atoms with Crippen LogP contribution in [0.4, 0.5) is 0 Å². The summed E-state index contributed by atoms with van der Waals surface area (Å²) in [6, 6.07) is 29.4. The second kappa shape index (κ2) is 10.8. The monoisotopic (exact) mass is 623 g/mol. The van der Waals surface area contributed by atoms with Crippen LogP contribution in [0.25, 0.3) is 34.2 Å². The fraction of sp³-hybridized carbons (Fsp3) is 0.267. The average Bonchev–Trinajstić information content (AvgIpc) is 3.50. The highest BCUT2D eigenvalue weighted by atomic mass is 15.0. The van der Waals surface area contributed by atoms with E-state index in [1.54, 1.807) is 11.1 Å². The number of hydrogen-bond acceptors (Lipinski definition) is 3. The predicted molar refractivity (Wildman–Crippen MR) is 196 cm³/mol. The van der Waals surface area contributed by atoms with E-state index in [0.717, 1.165) is 23.1 Å². The Labute approximate surface area is 284 Å². The molecule has 4 atom stereocenters. The normalized spacial score (nSPS) is 25.8.